The highest BCUT2D eigenvalue weighted by Gasteiger charge is 2.27. The maximum Gasteiger partial charge on any atom is 0.343 e. The van der Waals surface area contributed by atoms with E-state index in [1.807, 2.05) is 36.4 Å². The number of fused-ring (bicyclic) bond motifs is 1. The van der Waals surface area contributed by atoms with Gasteiger partial charge in [-0.2, -0.15) is 10.4 Å². The lowest BCUT2D eigenvalue weighted by Crippen LogP contribution is -2.28. The molecule has 0 spiro atoms. The van der Waals surface area contributed by atoms with Crippen LogP contribution in [0.1, 0.15) is 44.7 Å². The summed E-state index contributed by atoms with van der Waals surface area (Å²) < 4.78 is 11.7. The predicted octanol–water partition coefficient (Wildman–Crippen LogP) is 3.65. The van der Waals surface area contributed by atoms with Crippen LogP contribution in [0, 0.1) is 18.3 Å². The van der Waals surface area contributed by atoms with Crippen LogP contribution in [0.15, 0.2) is 63.8 Å². The summed E-state index contributed by atoms with van der Waals surface area (Å²) in [7, 11) is 0. The standard InChI is InChI=1S/C25H20N4O5/c1-3-33-25(32)20-15(2)34-23(19(20)13-26)27-22(30)21-17-11-7-8-12-18(17)24(31)29(28-21)14-16-9-5-4-6-10-16/h4-12H,3,14H2,1-2H3,(H,27,30). The number of carbonyl (C=O) groups is 2. The van der Waals surface area contributed by atoms with Gasteiger partial charge in [-0.3, -0.25) is 14.9 Å². The van der Waals surface area contributed by atoms with Gasteiger partial charge in [0, 0.05) is 5.39 Å². The van der Waals surface area contributed by atoms with E-state index in [1.165, 1.54) is 11.6 Å². The summed E-state index contributed by atoms with van der Waals surface area (Å²) in [6, 6.07) is 17.8. The molecule has 170 valence electrons. The molecule has 0 aliphatic heterocycles. The third kappa shape index (κ3) is 4.17. The maximum atomic E-state index is 13.3. The van der Waals surface area contributed by atoms with E-state index >= 15 is 0 Å². The van der Waals surface area contributed by atoms with Gasteiger partial charge in [0.05, 0.1) is 18.5 Å². The molecule has 2 aromatic heterocycles. The van der Waals surface area contributed by atoms with E-state index in [1.54, 1.807) is 31.2 Å². The van der Waals surface area contributed by atoms with E-state index in [9.17, 15) is 19.6 Å². The molecule has 34 heavy (non-hydrogen) atoms. The summed E-state index contributed by atoms with van der Waals surface area (Å²) in [5.74, 6) is -1.48. The molecule has 2 heterocycles. The number of anilines is 1. The number of esters is 1. The lowest BCUT2D eigenvalue weighted by atomic mass is 10.1. The SMILES string of the molecule is CCOC(=O)c1c(C)oc(NC(=O)c2nn(Cc3ccccc3)c(=O)c3ccccc23)c1C#N. The highest BCUT2D eigenvalue weighted by molar-refractivity contribution is 6.11. The highest BCUT2D eigenvalue weighted by Crippen LogP contribution is 2.28. The predicted molar refractivity (Wildman–Crippen MR) is 124 cm³/mol. The number of hydrogen-bond acceptors (Lipinski definition) is 7. The number of nitrogens with one attached hydrogen (secondary N) is 1. The van der Waals surface area contributed by atoms with E-state index in [0.717, 1.165) is 5.56 Å². The van der Waals surface area contributed by atoms with Crippen molar-refractivity contribution < 1.29 is 18.7 Å². The summed E-state index contributed by atoms with van der Waals surface area (Å²) >= 11 is 0. The molecule has 0 bridgehead atoms. The minimum atomic E-state index is -0.721. The van der Waals surface area contributed by atoms with Crippen molar-refractivity contribution in [3.8, 4) is 6.07 Å². The summed E-state index contributed by atoms with van der Waals surface area (Å²) in [6.45, 7) is 3.43. The van der Waals surface area contributed by atoms with Gasteiger partial charge in [-0.05, 0) is 25.5 Å². The molecule has 0 aliphatic carbocycles. The molecule has 4 rings (SSSR count). The Morgan fingerprint density at radius 3 is 2.47 bits per heavy atom. The second kappa shape index (κ2) is 9.42. The molecule has 9 nitrogen and oxygen atoms in total. The zero-order chi connectivity index (χ0) is 24.2. The van der Waals surface area contributed by atoms with Crippen LogP contribution in [0.2, 0.25) is 0 Å². The van der Waals surface area contributed by atoms with Gasteiger partial charge in [0.2, 0.25) is 5.88 Å². The Balaban J connectivity index is 1.77. The topological polar surface area (TPSA) is 127 Å². The van der Waals surface area contributed by atoms with Crippen LogP contribution < -0.4 is 10.9 Å². The Labute approximate surface area is 194 Å². The number of ether oxygens (including phenoxy) is 1. The van der Waals surface area contributed by atoms with Gasteiger partial charge < -0.3 is 9.15 Å². The average Bonchev–Trinajstić information content (AvgIpc) is 3.16. The van der Waals surface area contributed by atoms with Crippen LogP contribution in [0.4, 0.5) is 5.88 Å². The zero-order valence-electron chi connectivity index (χ0n) is 18.5. The Bertz CT molecular complexity index is 1500. The summed E-state index contributed by atoms with van der Waals surface area (Å²) in [5, 5.41) is 17.1. The summed E-state index contributed by atoms with van der Waals surface area (Å²) in [6.07, 6.45) is 0. The third-order valence-corrected chi connectivity index (χ3v) is 5.16. The van der Waals surface area contributed by atoms with Crippen LogP contribution in [-0.2, 0) is 11.3 Å². The summed E-state index contributed by atoms with van der Waals surface area (Å²) in [5.41, 5.74) is 0.276. The number of hydrogen-bond donors (Lipinski definition) is 1. The van der Waals surface area contributed by atoms with Crippen molar-refractivity contribution in [2.24, 2.45) is 0 Å². The van der Waals surface area contributed by atoms with Gasteiger partial charge in [-0.25, -0.2) is 9.48 Å². The normalized spacial score (nSPS) is 10.6. The Morgan fingerprint density at radius 1 is 1.12 bits per heavy atom. The number of carbonyl (C=O) groups excluding carboxylic acids is 2. The van der Waals surface area contributed by atoms with Gasteiger partial charge in [-0.15, -0.1) is 0 Å². The number of benzene rings is 2. The quantitative estimate of drug-likeness (QED) is 0.439. The number of aryl methyl sites for hydroxylation is 1. The number of nitrogens with zero attached hydrogens (tertiary/aromatic N) is 3. The molecule has 0 saturated carbocycles. The van der Waals surface area contributed by atoms with Crippen molar-refractivity contribution >= 4 is 28.5 Å². The first kappa shape index (κ1) is 22.5. The van der Waals surface area contributed by atoms with Crippen LogP contribution in [0.5, 0.6) is 0 Å². The van der Waals surface area contributed by atoms with Crippen molar-refractivity contribution in [2.75, 3.05) is 11.9 Å². The Hall–Kier alpha value is -4.71. The Kier molecular flexibility index (Phi) is 6.23. The molecule has 1 N–H and O–H groups in total. The van der Waals surface area contributed by atoms with Crippen molar-refractivity contribution in [2.45, 2.75) is 20.4 Å². The number of rotatable bonds is 6. The lowest BCUT2D eigenvalue weighted by Gasteiger charge is -2.11. The summed E-state index contributed by atoms with van der Waals surface area (Å²) in [4.78, 5) is 38.5. The number of amides is 1. The van der Waals surface area contributed by atoms with E-state index < -0.39 is 11.9 Å². The van der Waals surface area contributed by atoms with E-state index in [-0.39, 0.29) is 47.2 Å². The van der Waals surface area contributed by atoms with Crippen LogP contribution in [-0.4, -0.2) is 28.3 Å². The lowest BCUT2D eigenvalue weighted by molar-refractivity contribution is 0.0524. The molecule has 4 aromatic rings. The third-order valence-electron chi connectivity index (χ3n) is 5.16. The van der Waals surface area contributed by atoms with Crippen molar-refractivity contribution in [3.63, 3.8) is 0 Å². The van der Waals surface area contributed by atoms with E-state index in [0.29, 0.717) is 10.8 Å². The molecule has 0 aliphatic rings. The second-order valence-corrected chi connectivity index (χ2v) is 7.37. The van der Waals surface area contributed by atoms with Crippen LogP contribution in [0.3, 0.4) is 0 Å². The van der Waals surface area contributed by atoms with Crippen molar-refractivity contribution in [1.82, 2.24) is 9.78 Å². The molecular formula is C25H20N4O5. The van der Waals surface area contributed by atoms with Gasteiger partial charge in [0.15, 0.2) is 5.69 Å². The van der Waals surface area contributed by atoms with Crippen molar-refractivity contribution in [1.29, 1.82) is 5.26 Å². The molecule has 0 atom stereocenters. The fraction of sp³-hybridized carbons (Fsp3) is 0.160. The molecule has 0 unspecified atom stereocenters. The first-order chi connectivity index (χ1) is 16.4. The number of nitriles is 1. The maximum absolute atomic E-state index is 13.3. The van der Waals surface area contributed by atoms with Crippen LogP contribution >= 0.6 is 0 Å². The van der Waals surface area contributed by atoms with E-state index in [2.05, 4.69) is 10.4 Å². The largest absolute Gasteiger partial charge is 0.462 e. The second-order valence-electron chi connectivity index (χ2n) is 7.37. The zero-order valence-corrected chi connectivity index (χ0v) is 18.5. The minimum Gasteiger partial charge on any atom is -0.462 e. The van der Waals surface area contributed by atoms with E-state index in [4.69, 9.17) is 9.15 Å². The molecule has 1 amide bonds. The molecule has 9 heteroatoms. The average molecular weight is 456 g/mol. The highest BCUT2D eigenvalue weighted by atomic mass is 16.5. The molecule has 0 fully saturated rings. The van der Waals surface area contributed by atoms with Gasteiger partial charge in [-0.1, -0.05) is 48.5 Å². The first-order valence-electron chi connectivity index (χ1n) is 10.5. The van der Waals surface area contributed by atoms with Gasteiger partial charge >= 0.3 is 5.97 Å². The Morgan fingerprint density at radius 2 is 1.79 bits per heavy atom. The van der Waals surface area contributed by atoms with Crippen molar-refractivity contribution in [3.05, 3.63) is 93.1 Å². The molecular weight excluding hydrogens is 436 g/mol. The number of furan rings is 1. The monoisotopic (exact) mass is 456 g/mol. The fourth-order valence-electron chi connectivity index (χ4n) is 3.62. The molecule has 2 aromatic carbocycles. The smallest absolute Gasteiger partial charge is 0.343 e. The molecule has 0 radical (unpaired) electrons. The molecule has 0 saturated heterocycles. The number of aromatic nitrogens is 2. The van der Waals surface area contributed by atoms with Gasteiger partial charge in [0.1, 0.15) is 23.0 Å². The van der Waals surface area contributed by atoms with Gasteiger partial charge in [0.25, 0.3) is 11.5 Å². The minimum absolute atomic E-state index is 0.0261. The van der Waals surface area contributed by atoms with Crippen LogP contribution in [0.25, 0.3) is 10.8 Å². The fourth-order valence-corrected chi connectivity index (χ4v) is 3.62. The first-order valence-corrected chi connectivity index (χ1v) is 10.5.